The number of aromatic nitrogens is 3. The lowest BCUT2D eigenvalue weighted by Crippen LogP contribution is -2.08. The van der Waals surface area contributed by atoms with Crippen LogP contribution in [-0.4, -0.2) is 33.4 Å². The van der Waals surface area contributed by atoms with Gasteiger partial charge in [-0.15, -0.1) is 0 Å². The minimum atomic E-state index is -2.69. The highest BCUT2D eigenvalue weighted by atomic mass is 19.3. The Bertz CT molecular complexity index is 965. The van der Waals surface area contributed by atoms with Crippen LogP contribution in [0, 0.1) is 5.92 Å². The van der Waals surface area contributed by atoms with Gasteiger partial charge in [0.25, 0.3) is 6.43 Å². The third kappa shape index (κ3) is 4.03. The van der Waals surface area contributed by atoms with Gasteiger partial charge in [0.2, 0.25) is 0 Å². The molecule has 4 heterocycles. The van der Waals surface area contributed by atoms with Gasteiger partial charge in [0, 0.05) is 32.0 Å². The Hall–Kier alpha value is -2.67. The molecule has 1 aliphatic heterocycles. The lowest BCUT2D eigenvalue weighted by molar-refractivity contribution is 0.0986. The lowest BCUT2D eigenvalue weighted by atomic mass is 10.0. The molecule has 1 aliphatic rings. The first kappa shape index (κ1) is 17.7. The molecule has 0 bridgehead atoms. The molecule has 0 aliphatic carbocycles. The van der Waals surface area contributed by atoms with Crippen molar-refractivity contribution in [3.63, 3.8) is 0 Å². The monoisotopic (exact) mass is 371 g/mol. The molecule has 1 fully saturated rings. The van der Waals surface area contributed by atoms with E-state index >= 15 is 0 Å². The maximum Gasteiger partial charge on any atom is 0.280 e. The smallest absolute Gasteiger partial charge is 0.280 e. The Balaban J connectivity index is 1.50. The van der Waals surface area contributed by atoms with E-state index in [1.807, 2.05) is 28.9 Å². The van der Waals surface area contributed by atoms with Crippen LogP contribution in [0.25, 0.3) is 5.65 Å². The highest BCUT2D eigenvalue weighted by Crippen LogP contribution is 2.19. The number of Topliss-reactive ketones (excluding diaryl/α,β-unsaturated/α-hetero) is 1. The van der Waals surface area contributed by atoms with Gasteiger partial charge in [0.1, 0.15) is 17.0 Å². The van der Waals surface area contributed by atoms with Gasteiger partial charge in [0.15, 0.2) is 5.78 Å². The number of alkyl halides is 2. The number of carbonyl (C=O) groups is 1. The standard InChI is InChI=1S/C20H19F2N3O2/c21-20(22)17-3-1-2-16(24-17)18(26)9-13-4-5-19-23-15(11-25(19)10-13)8-14-6-7-27-12-14/h1-5,10-11,14,20H,6-9,12H2. The number of halogens is 2. The Labute approximate surface area is 155 Å². The highest BCUT2D eigenvalue weighted by Gasteiger charge is 2.18. The number of carbonyl (C=O) groups excluding carboxylic acids is 1. The van der Waals surface area contributed by atoms with Crippen LogP contribution >= 0.6 is 0 Å². The summed E-state index contributed by atoms with van der Waals surface area (Å²) in [7, 11) is 0. The van der Waals surface area contributed by atoms with E-state index in [4.69, 9.17) is 4.74 Å². The van der Waals surface area contributed by atoms with Crippen LogP contribution in [-0.2, 0) is 17.6 Å². The summed E-state index contributed by atoms with van der Waals surface area (Å²) in [6.45, 7) is 1.59. The minimum absolute atomic E-state index is 0.0560. The van der Waals surface area contributed by atoms with Gasteiger partial charge in [-0.3, -0.25) is 4.79 Å². The molecular weight excluding hydrogens is 352 g/mol. The summed E-state index contributed by atoms with van der Waals surface area (Å²) in [5.74, 6) is 0.212. The predicted molar refractivity (Wildman–Crippen MR) is 95.1 cm³/mol. The molecule has 1 saturated heterocycles. The quantitative estimate of drug-likeness (QED) is 0.621. The number of fused-ring (bicyclic) bond motifs is 1. The van der Waals surface area contributed by atoms with Gasteiger partial charge in [-0.25, -0.2) is 18.7 Å². The molecular formula is C20H19F2N3O2. The SMILES string of the molecule is O=C(Cc1ccc2nc(CC3CCOC3)cn2c1)c1cccc(C(F)F)n1. The molecule has 0 radical (unpaired) electrons. The summed E-state index contributed by atoms with van der Waals surface area (Å²) in [6.07, 6.45) is 3.16. The average Bonchev–Trinajstić information content (AvgIpc) is 3.31. The molecule has 0 amide bonds. The second kappa shape index (κ2) is 7.52. The summed E-state index contributed by atoms with van der Waals surface area (Å²) in [5.41, 5.74) is 2.27. The second-order valence-electron chi connectivity index (χ2n) is 6.82. The van der Waals surface area contributed by atoms with Crippen LogP contribution < -0.4 is 0 Å². The van der Waals surface area contributed by atoms with E-state index in [0.29, 0.717) is 5.92 Å². The first-order valence-corrected chi connectivity index (χ1v) is 8.91. The topological polar surface area (TPSA) is 56.5 Å². The molecule has 27 heavy (non-hydrogen) atoms. The summed E-state index contributed by atoms with van der Waals surface area (Å²) < 4.78 is 32.8. The lowest BCUT2D eigenvalue weighted by Gasteiger charge is -2.04. The number of hydrogen-bond donors (Lipinski definition) is 0. The van der Waals surface area contributed by atoms with Crippen molar-refractivity contribution >= 4 is 11.4 Å². The van der Waals surface area contributed by atoms with Crippen molar-refractivity contribution in [2.75, 3.05) is 13.2 Å². The minimum Gasteiger partial charge on any atom is -0.381 e. The Morgan fingerprint density at radius 1 is 1.22 bits per heavy atom. The van der Waals surface area contributed by atoms with Gasteiger partial charge in [-0.1, -0.05) is 12.1 Å². The zero-order chi connectivity index (χ0) is 18.8. The summed E-state index contributed by atoms with van der Waals surface area (Å²) >= 11 is 0. The van der Waals surface area contributed by atoms with Crippen molar-refractivity contribution in [2.24, 2.45) is 5.92 Å². The summed E-state index contributed by atoms with van der Waals surface area (Å²) in [6, 6.07) is 7.81. The van der Waals surface area contributed by atoms with Crippen LogP contribution in [0.5, 0.6) is 0 Å². The molecule has 140 valence electrons. The van der Waals surface area contributed by atoms with Crippen molar-refractivity contribution in [2.45, 2.75) is 25.7 Å². The molecule has 0 aromatic carbocycles. The van der Waals surface area contributed by atoms with Crippen LogP contribution in [0.2, 0.25) is 0 Å². The molecule has 3 aromatic rings. The highest BCUT2D eigenvalue weighted by molar-refractivity contribution is 5.95. The fourth-order valence-corrected chi connectivity index (χ4v) is 3.34. The number of imidazole rings is 1. The zero-order valence-electron chi connectivity index (χ0n) is 14.6. The fraction of sp³-hybridized carbons (Fsp3) is 0.350. The first-order valence-electron chi connectivity index (χ1n) is 8.91. The number of pyridine rings is 2. The van der Waals surface area contributed by atoms with Crippen molar-refractivity contribution in [3.8, 4) is 0 Å². The number of nitrogens with zero attached hydrogens (tertiary/aromatic N) is 3. The second-order valence-corrected chi connectivity index (χ2v) is 6.82. The summed E-state index contributed by atoms with van der Waals surface area (Å²) in [4.78, 5) is 20.8. The maximum atomic E-state index is 12.8. The van der Waals surface area contributed by atoms with Crippen LogP contribution in [0.3, 0.4) is 0 Å². The molecule has 0 N–H and O–H groups in total. The van der Waals surface area contributed by atoms with E-state index in [-0.39, 0.29) is 23.6 Å². The molecule has 4 rings (SSSR count). The third-order valence-electron chi connectivity index (χ3n) is 4.73. The van der Waals surface area contributed by atoms with Crippen LogP contribution in [0.15, 0.2) is 42.7 Å². The Morgan fingerprint density at radius 2 is 2.11 bits per heavy atom. The van der Waals surface area contributed by atoms with Crippen molar-refractivity contribution in [3.05, 3.63) is 65.4 Å². The first-order chi connectivity index (χ1) is 13.1. The maximum absolute atomic E-state index is 12.8. The van der Waals surface area contributed by atoms with Crippen molar-refractivity contribution in [1.82, 2.24) is 14.4 Å². The summed E-state index contributed by atoms with van der Waals surface area (Å²) in [5, 5.41) is 0. The average molecular weight is 371 g/mol. The Kier molecular flexibility index (Phi) is 4.94. The molecule has 7 heteroatoms. The zero-order valence-corrected chi connectivity index (χ0v) is 14.6. The normalized spacial score (nSPS) is 17.1. The number of rotatable bonds is 6. The predicted octanol–water partition coefficient (Wildman–Crippen LogP) is 3.67. The third-order valence-corrected chi connectivity index (χ3v) is 4.73. The molecule has 1 unspecified atom stereocenters. The molecule has 0 saturated carbocycles. The number of ether oxygens (including phenoxy) is 1. The number of hydrogen-bond acceptors (Lipinski definition) is 4. The van der Waals surface area contributed by atoms with Gasteiger partial charge in [-0.2, -0.15) is 0 Å². The van der Waals surface area contributed by atoms with E-state index in [1.54, 1.807) is 0 Å². The fourth-order valence-electron chi connectivity index (χ4n) is 3.34. The molecule has 0 spiro atoms. The van der Waals surface area contributed by atoms with Crippen LogP contribution in [0.1, 0.15) is 40.3 Å². The molecule has 3 aromatic heterocycles. The van der Waals surface area contributed by atoms with Crippen molar-refractivity contribution in [1.29, 1.82) is 0 Å². The van der Waals surface area contributed by atoms with E-state index in [9.17, 15) is 13.6 Å². The van der Waals surface area contributed by atoms with Gasteiger partial charge in [0.05, 0.1) is 5.69 Å². The molecule has 5 nitrogen and oxygen atoms in total. The van der Waals surface area contributed by atoms with E-state index in [1.165, 1.54) is 18.2 Å². The van der Waals surface area contributed by atoms with E-state index in [0.717, 1.165) is 43.0 Å². The van der Waals surface area contributed by atoms with Crippen molar-refractivity contribution < 1.29 is 18.3 Å². The van der Waals surface area contributed by atoms with E-state index < -0.39 is 6.43 Å². The molecule has 1 atom stereocenters. The Morgan fingerprint density at radius 3 is 2.89 bits per heavy atom. The van der Waals surface area contributed by atoms with E-state index in [2.05, 4.69) is 9.97 Å². The number of ketones is 1. The van der Waals surface area contributed by atoms with Gasteiger partial charge < -0.3 is 9.14 Å². The van der Waals surface area contributed by atoms with Gasteiger partial charge >= 0.3 is 0 Å². The van der Waals surface area contributed by atoms with Gasteiger partial charge in [-0.05, 0) is 42.5 Å². The van der Waals surface area contributed by atoms with Crippen LogP contribution in [0.4, 0.5) is 8.78 Å². The largest absolute Gasteiger partial charge is 0.381 e.